The summed E-state index contributed by atoms with van der Waals surface area (Å²) < 4.78 is 9.40. The van der Waals surface area contributed by atoms with Gasteiger partial charge >= 0.3 is 6.09 Å². The van der Waals surface area contributed by atoms with Gasteiger partial charge in [0, 0.05) is 35.5 Å². The molecule has 0 saturated heterocycles. The minimum absolute atomic E-state index is 0.0297. The van der Waals surface area contributed by atoms with E-state index in [4.69, 9.17) is 9.84 Å². The summed E-state index contributed by atoms with van der Waals surface area (Å²) in [6.07, 6.45) is 12.7. The van der Waals surface area contributed by atoms with Gasteiger partial charge in [0.15, 0.2) is 6.29 Å². The summed E-state index contributed by atoms with van der Waals surface area (Å²) in [5, 5.41) is 12.3. The molecule has 2 aromatic heterocycles. The lowest BCUT2D eigenvalue weighted by Gasteiger charge is -2.29. The second-order valence-electron chi connectivity index (χ2n) is 17.9. The van der Waals surface area contributed by atoms with Crippen LogP contribution in [0, 0.1) is 0 Å². The van der Waals surface area contributed by atoms with E-state index in [1.54, 1.807) is 33.8 Å². The third-order valence-electron chi connectivity index (χ3n) is 11.7. The Balaban J connectivity index is 0.000000171. The zero-order chi connectivity index (χ0) is 47.1. The van der Waals surface area contributed by atoms with Gasteiger partial charge in [-0.2, -0.15) is 10.2 Å². The number of aromatic nitrogens is 4. The van der Waals surface area contributed by atoms with E-state index >= 15 is 0 Å². The first-order valence-electron chi connectivity index (χ1n) is 23.1. The van der Waals surface area contributed by atoms with Crippen LogP contribution in [0.4, 0.5) is 4.79 Å². The van der Waals surface area contributed by atoms with Crippen LogP contribution in [0.2, 0.25) is 0 Å². The molecule has 4 aromatic carbocycles. The Morgan fingerprint density at radius 3 is 1.58 bits per heavy atom. The van der Waals surface area contributed by atoms with E-state index in [0.717, 1.165) is 66.8 Å². The molecule has 0 bridgehead atoms. The fraction of sp³-hybridized carbons (Fsp3) is 0.345. The number of nitrogens with one attached hydrogen (secondary N) is 1. The molecule has 11 nitrogen and oxygen atoms in total. The van der Waals surface area contributed by atoms with Crippen molar-refractivity contribution in [3.05, 3.63) is 184 Å². The van der Waals surface area contributed by atoms with Crippen LogP contribution >= 0.6 is 0 Å². The van der Waals surface area contributed by atoms with Gasteiger partial charge in [-0.05, 0) is 114 Å². The standard InChI is InChI=1S/C25H27N3O.C15H16N2O.C15H21NO3/c1-19(21-12-6-3-7-13-21)26-25(29)17-16-23-22-14-8-9-15-24(22)28(27-23)18-20-10-4-2-5-11-20;18-11-14-13-8-4-5-9-15(13)17(16-14)10-12-6-2-1-3-7-12;1-11(13-9-7-6-8-10-13)16(12(2)17)14(18)19-15(3,4)5/h2-7,10-13,16-17,19H,8-9,14-15,18H2,1H3,(H,26,29);1-3,6-7,11H,4-5,8-10H2;6-11H,1-5H3/b17-16+;;/t19-;;11-/m1.1/s1. The lowest BCUT2D eigenvalue weighted by molar-refractivity contribution is -0.130. The van der Waals surface area contributed by atoms with Gasteiger partial charge in [0.05, 0.1) is 30.9 Å². The van der Waals surface area contributed by atoms with Crippen LogP contribution in [0.5, 0.6) is 0 Å². The molecule has 1 N–H and O–H groups in total. The maximum atomic E-state index is 12.4. The predicted octanol–water partition coefficient (Wildman–Crippen LogP) is 10.9. The third kappa shape index (κ3) is 13.6. The minimum Gasteiger partial charge on any atom is -0.443 e. The number of nitrogens with zero attached hydrogens (tertiary/aromatic N) is 5. The van der Waals surface area contributed by atoms with Crippen molar-refractivity contribution in [2.45, 2.75) is 124 Å². The van der Waals surface area contributed by atoms with Crippen molar-refractivity contribution in [3.63, 3.8) is 0 Å². The predicted molar refractivity (Wildman–Crippen MR) is 260 cm³/mol. The first-order valence-corrected chi connectivity index (χ1v) is 23.1. The first kappa shape index (κ1) is 48.6. The van der Waals surface area contributed by atoms with Gasteiger partial charge in [0.2, 0.25) is 11.8 Å². The Kier molecular flexibility index (Phi) is 17.2. The Hall–Kier alpha value is -6.88. The summed E-state index contributed by atoms with van der Waals surface area (Å²) in [6, 6.07) is 39.7. The molecule has 66 heavy (non-hydrogen) atoms. The molecule has 0 fully saturated rings. The fourth-order valence-corrected chi connectivity index (χ4v) is 8.40. The van der Waals surface area contributed by atoms with E-state index in [9.17, 15) is 19.2 Å². The number of amides is 3. The Bertz CT molecular complexity index is 2540. The fourth-order valence-electron chi connectivity index (χ4n) is 8.40. The van der Waals surface area contributed by atoms with Crippen LogP contribution in [0.25, 0.3) is 6.08 Å². The number of hydrogen-bond acceptors (Lipinski definition) is 7. The minimum atomic E-state index is -0.624. The zero-order valence-electron chi connectivity index (χ0n) is 39.3. The molecule has 6 aromatic rings. The van der Waals surface area contributed by atoms with Crippen molar-refractivity contribution in [3.8, 4) is 0 Å². The molecule has 0 radical (unpaired) electrons. The van der Waals surface area contributed by atoms with E-state index in [-0.39, 0.29) is 23.9 Å². The summed E-state index contributed by atoms with van der Waals surface area (Å²) in [4.78, 5) is 48.5. The molecule has 2 heterocycles. The van der Waals surface area contributed by atoms with Gasteiger partial charge in [0.1, 0.15) is 11.3 Å². The summed E-state index contributed by atoms with van der Waals surface area (Å²) in [7, 11) is 0. The molecule has 0 spiro atoms. The number of hydrogen-bond donors (Lipinski definition) is 1. The smallest absolute Gasteiger partial charge is 0.417 e. The molecule has 2 atom stereocenters. The number of ether oxygens (including phenoxy) is 1. The lowest BCUT2D eigenvalue weighted by Crippen LogP contribution is -2.41. The van der Waals surface area contributed by atoms with E-state index in [1.807, 2.05) is 103 Å². The molecule has 0 unspecified atom stereocenters. The Morgan fingerprint density at radius 1 is 0.667 bits per heavy atom. The number of rotatable bonds is 11. The molecule has 344 valence electrons. The van der Waals surface area contributed by atoms with Crippen LogP contribution in [-0.4, -0.2) is 54.3 Å². The lowest BCUT2D eigenvalue weighted by atomic mass is 9.95. The maximum absolute atomic E-state index is 12.4. The summed E-state index contributed by atoms with van der Waals surface area (Å²) in [5.41, 5.74) is 10.5. The number of imide groups is 1. The van der Waals surface area contributed by atoms with Crippen LogP contribution < -0.4 is 5.32 Å². The van der Waals surface area contributed by atoms with Crippen LogP contribution in [0.3, 0.4) is 0 Å². The zero-order valence-corrected chi connectivity index (χ0v) is 39.3. The maximum Gasteiger partial charge on any atom is 0.417 e. The topological polar surface area (TPSA) is 128 Å². The molecular weight excluding hydrogens is 825 g/mol. The molecule has 11 heteroatoms. The normalized spacial score (nSPS) is 13.9. The highest BCUT2D eigenvalue weighted by atomic mass is 16.6. The van der Waals surface area contributed by atoms with Crippen molar-refractivity contribution in [2.75, 3.05) is 0 Å². The van der Waals surface area contributed by atoms with Crippen molar-refractivity contribution >= 4 is 30.3 Å². The average molecular weight is 889 g/mol. The van der Waals surface area contributed by atoms with E-state index in [0.29, 0.717) is 5.69 Å². The summed E-state index contributed by atoms with van der Waals surface area (Å²) in [5.74, 6) is -0.422. The second-order valence-corrected chi connectivity index (χ2v) is 17.9. The Labute approximate surface area is 389 Å². The number of aldehydes is 1. The van der Waals surface area contributed by atoms with E-state index < -0.39 is 11.7 Å². The average Bonchev–Trinajstić information content (AvgIpc) is 3.86. The molecule has 2 aliphatic carbocycles. The molecule has 0 aliphatic heterocycles. The van der Waals surface area contributed by atoms with Gasteiger partial charge in [-0.3, -0.25) is 23.7 Å². The SMILES string of the molecule is CC(=O)N(C(=O)OC(C)(C)C)[C@H](C)c1ccccc1.C[C@@H](NC(=O)/C=C/c1nn(Cc2ccccc2)c2c1CCCC2)c1ccccc1.O=Cc1nn(Cc2ccccc2)c2c1CCCC2. The number of carbonyl (C=O) groups excluding carboxylic acids is 4. The molecule has 0 saturated carbocycles. The molecule has 2 aliphatic rings. The van der Waals surface area contributed by atoms with Crippen molar-refractivity contribution < 1.29 is 23.9 Å². The number of benzene rings is 4. The summed E-state index contributed by atoms with van der Waals surface area (Å²) in [6.45, 7) is 12.0. The van der Waals surface area contributed by atoms with Crippen LogP contribution in [0.15, 0.2) is 127 Å². The van der Waals surface area contributed by atoms with Crippen molar-refractivity contribution in [1.29, 1.82) is 0 Å². The Morgan fingerprint density at radius 2 is 1.11 bits per heavy atom. The molecule has 8 rings (SSSR count). The number of carbonyl (C=O) groups is 4. The van der Waals surface area contributed by atoms with Crippen molar-refractivity contribution in [1.82, 2.24) is 29.8 Å². The molecule has 3 amide bonds. The van der Waals surface area contributed by atoms with Gasteiger partial charge < -0.3 is 10.1 Å². The van der Waals surface area contributed by atoms with Crippen molar-refractivity contribution in [2.24, 2.45) is 0 Å². The second kappa shape index (κ2) is 23.3. The summed E-state index contributed by atoms with van der Waals surface area (Å²) >= 11 is 0. The quantitative estimate of drug-likeness (QED) is 0.101. The van der Waals surface area contributed by atoms with Gasteiger partial charge in [-0.15, -0.1) is 0 Å². The van der Waals surface area contributed by atoms with Crippen LogP contribution in [-0.2, 0) is 53.1 Å². The van der Waals surface area contributed by atoms with Gasteiger partial charge in [0.25, 0.3) is 0 Å². The van der Waals surface area contributed by atoms with E-state index in [2.05, 4.69) is 51.5 Å². The third-order valence-corrected chi connectivity index (χ3v) is 11.7. The monoisotopic (exact) mass is 888 g/mol. The largest absolute Gasteiger partial charge is 0.443 e. The van der Waals surface area contributed by atoms with Gasteiger partial charge in [-0.25, -0.2) is 9.69 Å². The highest BCUT2D eigenvalue weighted by Crippen LogP contribution is 2.27. The highest BCUT2D eigenvalue weighted by Gasteiger charge is 2.30. The first-order chi connectivity index (χ1) is 31.8. The van der Waals surface area contributed by atoms with Crippen LogP contribution in [0.1, 0.15) is 140 Å². The number of fused-ring (bicyclic) bond motifs is 2. The molecular formula is C55H64N6O5. The highest BCUT2D eigenvalue weighted by molar-refractivity contribution is 5.92. The van der Waals surface area contributed by atoms with Gasteiger partial charge in [-0.1, -0.05) is 121 Å². The van der Waals surface area contributed by atoms with E-state index in [1.165, 1.54) is 66.2 Å².